The van der Waals surface area contributed by atoms with Crippen molar-refractivity contribution >= 4 is 35.1 Å². The van der Waals surface area contributed by atoms with Gasteiger partial charge in [0.05, 0.1) is 12.2 Å². The molecule has 1 fully saturated rings. The summed E-state index contributed by atoms with van der Waals surface area (Å²) in [6.45, 7) is 8.59. The van der Waals surface area contributed by atoms with E-state index >= 15 is 0 Å². The first-order chi connectivity index (χ1) is 17.9. The highest BCUT2D eigenvalue weighted by molar-refractivity contribution is 6.30. The monoisotopic (exact) mass is 521 g/mol. The largest absolute Gasteiger partial charge is 0.462 e. The summed E-state index contributed by atoms with van der Waals surface area (Å²) < 4.78 is 5.01. The maximum Gasteiger partial charge on any atom is 0.338 e. The smallest absolute Gasteiger partial charge is 0.338 e. The van der Waals surface area contributed by atoms with Gasteiger partial charge in [0.2, 0.25) is 0 Å². The number of nitrogens with zero attached hydrogens (tertiary/aromatic N) is 4. The minimum Gasteiger partial charge on any atom is -0.462 e. The van der Waals surface area contributed by atoms with Crippen molar-refractivity contribution in [3.63, 3.8) is 0 Å². The van der Waals surface area contributed by atoms with Crippen LogP contribution in [0.4, 0.5) is 16.3 Å². The molecule has 194 valence electrons. The number of anilines is 2. The molecule has 2 aromatic carbocycles. The van der Waals surface area contributed by atoms with Crippen molar-refractivity contribution in [3.8, 4) is 0 Å². The number of rotatable bonds is 7. The van der Waals surface area contributed by atoms with Crippen LogP contribution in [0.15, 0.2) is 48.5 Å². The number of ether oxygens (including phenoxy) is 1. The molecule has 4 rings (SSSR count). The standard InChI is InChI=1S/C28H32ClN5O3/c1-4-25-24(18-20-6-10-22(29)11-7-20)26(31-19(3)30-25)33-14-16-34(17-15-33)28(36)32-23-12-8-21(9-13-23)27(35)37-5-2/h6-13H,4-5,14-18H2,1-3H3,(H,32,36). The first-order valence-electron chi connectivity index (χ1n) is 12.6. The Bertz CT molecular complexity index is 1240. The normalized spacial score (nSPS) is 13.4. The SMILES string of the molecule is CCOC(=O)c1ccc(NC(=O)N2CCN(c3nc(C)nc(CC)c3Cc3ccc(Cl)cc3)CC2)cc1. The minimum atomic E-state index is -0.377. The van der Waals surface area contributed by atoms with E-state index in [-0.39, 0.29) is 12.0 Å². The van der Waals surface area contributed by atoms with Crippen LogP contribution >= 0.6 is 11.6 Å². The molecule has 2 heterocycles. The number of esters is 1. The van der Waals surface area contributed by atoms with Gasteiger partial charge in [0.1, 0.15) is 11.6 Å². The van der Waals surface area contributed by atoms with Gasteiger partial charge in [-0.15, -0.1) is 0 Å². The number of aryl methyl sites for hydroxylation is 2. The summed E-state index contributed by atoms with van der Waals surface area (Å²) in [6, 6.07) is 14.4. The van der Waals surface area contributed by atoms with Gasteiger partial charge >= 0.3 is 12.0 Å². The van der Waals surface area contributed by atoms with Gasteiger partial charge in [-0.05, 0) is 62.2 Å². The van der Waals surface area contributed by atoms with Gasteiger partial charge in [-0.3, -0.25) is 0 Å². The lowest BCUT2D eigenvalue weighted by Gasteiger charge is -2.36. The van der Waals surface area contributed by atoms with E-state index in [1.807, 2.05) is 31.2 Å². The van der Waals surface area contributed by atoms with Gasteiger partial charge in [-0.25, -0.2) is 19.6 Å². The molecule has 3 aromatic rings. The van der Waals surface area contributed by atoms with Crippen molar-refractivity contribution in [2.45, 2.75) is 33.6 Å². The van der Waals surface area contributed by atoms with Crippen LogP contribution in [-0.4, -0.2) is 59.7 Å². The topological polar surface area (TPSA) is 87.7 Å². The second kappa shape index (κ2) is 12.1. The molecular weight excluding hydrogens is 490 g/mol. The summed E-state index contributed by atoms with van der Waals surface area (Å²) in [5, 5.41) is 3.63. The molecular formula is C28H32ClN5O3. The van der Waals surface area contributed by atoms with Gasteiger partial charge < -0.3 is 19.9 Å². The van der Waals surface area contributed by atoms with E-state index in [9.17, 15) is 9.59 Å². The van der Waals surface area contributed by atoms with E-state index in [0.717, 1.165) is 41.3 Å². The third-order valence-corrected chi connectivity index (χ3v) is 6.58. The Morgan fingerprint density at radius 2 is 1.65 bits per heavy atom. The maximum atomic E-state index is 12.9. The Kier molecular flexibility index (Phi) is 8.61. The fraction of sp³-hybridized carbons (Fsp3) is 0.357. The first kappa shape index (κ1) is 26.4. The highest BCUT2D eigenvalue weighted by Crippen LogP contribution is 2.26. The second-order valence-electron chi connectivity index (χ2n) is 8.88. The van der Waals surface area contributed by atoms with Crippen LogP contribution in [0.3, 0.4) is 0 Å². The fourth-order valence-corrected chi connectivity index (χ4v) is 4.53. The summed E-state index contributed by atoms with van der Waals surface area (Å²) in [6.07, 6.45) is 1.54. The number of carbonyl (C=O) groups is 2. The van der Waals surface area contributed by atoms with Crippen molar-refractivity contribution in [2.75, 3.05) is 43.0 Å². The molecule has 1 saturated heterocycles. The number of nitrogens with one attached hydrogen (secondary N) is 1. The lowest BCUT2D eigenvalue weighted by atomic mass is 10.0. The zero-order valence-corrected chi connectivity index (χ0v) is 22.2. The molecule has 1 aliphatic rings. The van der Waals surface area contributed by atoms with Crippen LogP contribution in [0.2, 0.25) is 5.02 Å². The zero-order chi connectivity index (χ0) is 26.4. The van der Waals surface area contributed by atoms with E-state index in [1.54, 1.807) is 36.1 Å². The summed E-state index contributed by atoms with van der Waals surface area (Å²) in [7, 11) is 0. The summed E-state index contributed by atoms with van der Waals surface area (Å²) in [5.74, 6) is 1.31. The van der Waals surface area contributed by atoms with Crippen LogP contribution in [0.5, 0.6) is 0 Å². The number of benzene rings is 2. The highest BCUT2D eigenvalue weighted by atomic mass is 35.5. The Balaban J connectivity index is 1.43. The van der Waals surface area contributed by atoms with E-state index in [4.69, 9.17) is 26.3 Å². The molecule has 2 amide bonds. The van der Waals surface area contributed by atoms with Crippen LogP contribution < -0.4 is 10.2 Å². The number of halogens is 1. The molecule has 8 nitrogen and oxygen atoms in total. The average molecular weight is 522 g/mol. The number of hydrogen-bond acceptors (Lipinski definition) is 6. The number of amides is 2. The van der Waals surface area contributed by atoms with Crippen LogP contribution in [0, 0.1) is 6.92 Å². The molecule has 1 aromatic heterocycles. The first-order valence-corrected chi connectivity index (χ1v) is 12.9. The lowest BCUT2D eigenvalue weighted by molar-refractivity contribution is 0.0526. The number of carbonyl (C=O) groups excluding carboxylic acids is 2. The molecule has 0 atom stereocenters. The van der Waals surface area contributed by atoms with E-state index in [1.165, 1.54) is 0 Å². The molecule has 0 radical (unpaired) electrons. The molecule has 0 aliphatic carbocycles. The molecule has 9 heteroatoms. The van der Waals surface area contributed by atoms with Gasteiger partial charge in [-0.1, -0.05) is 30.7 Å². The van der Waals surface area contributed by atoms with Crippen molar-refractivity contribution in [1.82, 2.24) is 14.9 Å². The molecule has 1 N–H and O–H groups in total. The molecule has 0 unspecified atom stereocenters. The Morgan fingerprint density at radius 1 is 0.973 bits per heavy atom. The summed E-state index contributed by atoms with van der Waals surface area (Å²) in [5.41, 5.74) is 4.40. The Hall–Kier alpha value is -3.65. The van der Waals surface area contributed by atoms with Gasteiger partial charge in [0.15, 0.2) is 0 Å². The number of piperazine rings is 1. The quantitative estimate of drug-likeness (QED) is 0.434. The molecule has 37 heavy (non-hydrogen) atoms. The minimum absolute atomic E-state index is 0.168. The van der Waals surface area contributed by atoms with Crippen LogP contribution in [0.1, 0.15) is 46.9 Å². The lowest BCUT2D eigenvalue weighted by Crippen LogP contribution is -2.50. The maximum absolute atomic E-state index is 12.9. The third kappa shape index (κ3) is 6.57. The van der Waals surface area contributed by atoms with Gasteiger partial charge in [-0.2, -0.15) is 0 Å². The van der Waals surface area contributed by atoms with Crippen molar-refractivity contribution in [1.29, 1.82) is 0 Å². The fourth-order valence-electron chi connectivity index (χ4n) is 4.41. The van der Waals surface area contributed by atoms with Crippen molar-refractivity contribution in [3.05, 3.63) is 81.8 Å². The van der Waals surface area contributed by atoms with E-state index < -0.39 is 0 Å². The van der Waals surface area contributed by atoms with Crippen molar-refractivity contribution in [2.24, 2.45) is 0 Å². The second-order valence-corrected chi connectivity index (χ2v) is 9.31. The Morgan fingerprint density at radius 3 is 2.27 bits per heavy atom. The predicted octanol–water partition coefficient (Wildman–Crippen LogP) is 5.12. The summed E-state index contributed by atoms with van der Waals surface area (Å²) >= 11 is 6.08. The average Bonchev–Trinajstić information content (AvgIpc) is 2.91. The van der Waals surface area contributed by atoms with Gasteiger partial charge in [0.25, 0.3) is 0 Å². The van der Waals surface area contributed by atoms with Crippen LogP contribution in [0.25, 0.3) is 0 Å². The van der Waals surface area contributed by atoms with Crippen LogP contribution in [-0.2, 0) is 17.6 Å². The highest BCUT2D eigenvalue weighted by Gasteiger charge is 2.25. The number of hydrogen-bond donors (Lipinski definition) is 1. The van der Waals surface area contributed by atoms with E-state index in [0.29, 0.717) is 49.1 Å². The number of urea groups is 1. The molecule has 1 aliphatic heterocycles. The predicted molar refractivity (Wildman–Crippen MR) is 146 cm³/mol. The van der Waals surface area contributed by atoms with E-state index in [2.05, 4.69) is 17.1 Å². The van der Waals surface area contributed by atoms with Gasteiger partial charge in [0, 0.05) is 54.6 Å². The molecule has 0 saturated carbocycles. The molecule has 0 spiro atoms. The van der Waals surface area contributed by atoms with Crippen molar-refractivity contribution < 1.29 is 14.3 Å². The Labute approximate surface area is 222 Å². The summed E-state index contributed by atoms with van der Waals surface area (Å²) in [4.78, 5) is 38.3. The zero-order valence-electron chi connectivity index (χ0n) is 21.5. The molecule has 0 bridgehead atoms. The number of aromatic nitrogens is 2. The third-order valence-electron chi connectivity index (χ3n) is 6.33.